The minimum Gasteiger partial charge on any atom is -0.250 e. The van der Waals surface area contributed by atoms with Crippen LogP contribution in [0, 0.1) is 12.3 Å². The molecule has 0 aliphatic rings. The summed E-state index contributed by atoms with van der Waals surface area (Å²) in [5.41, 5.74) is -1.57. The molecule has 0 aromatic rings. The Balaban J connectivity index is 4.15. The van der Waals surface area contributed by atoms with E-state index >= 15 is 0 Å². The maximum Gasteiger partial charge on any atom is 0.104 e. The second kappa shape index (κ2) is 4.36. The number of hydrogen-bond donors (Lipinski definition) is 0. The van der Waals surface area contributed by atoms with Crippen molar-refractivity contribution in [3.8, 4) is 0 Å². The molecule has 0 fully saturated rings. The quantitative estimate of drug-likeness (QED) is 0.578. The zero-order chi connectivity index (χ0) is 8.04. The third kappa shape index (κ3) is 2.05. The molecule has 0 spiro atoms. The van der Waals surface area contributed by atoms with Gasteiger partial charge >= 0.3 is 0 Å². The van der Waals surface area contributed by atoms with Gasteiger partial charge in [-0.3, -0.25) is 0 Å². The van der Waals surface area contributed by atoms with Crippen LogP contribution in [0.2, 0.25) is 0 Å². The summed E-state index contributed by atoms with van der Waals surface area (Å²) in [5.74, 6) is 0. The molecule has 0 saturated heterocycles. The molecule has 0 bridgehead atoms. The zero-order valence-corrected chi connectivity index (χ0v) is 5.62. The van der Waals surface area contributed by atoms with Crippen LogP contribution in [-0.2, 0) is 0 Å². The Bertz CT molecular complexity index is 97.2. The molecule has 0 aliphatic heterocycles. The Labute approximate surface area is 58.7 Å². The lowest BCUT2D eigenvalue weighted by atomic mass is 9.93. The Morgan fingerprint density at radius 2 is 1.50 bits per heavy atom. The molecule has 0 amide bonds. The Hall–Kier alpha value is -0.470. The van der Waals surface area contributed by atoms with Crippen molar-refractivity contribution in [1.29, 1.82) is 0 Å². The predicted molar refractivity (Wildman–Crippen MR) is 34.9 cm³/mol. The maximum absolute atomic E-state index is 11.9. The van der Waals surface area contributed by atoms with E-state index < -0.39 is 25.4 Å². The van der Waals surface area contributed by atoms with E-state index in [9.17, 15) is 13.2 Å². The number of hydrogen-bond acceptors (Lipinski definition) is 0. The average molecular weight is 151 g/mol. The summed E-state index contributed by atoms with van der Waals surface area (Å²) >= 11 is 0. The SMILES string of the molecule is [CH2]/C=C/C(CF)(CF)CF. The largest absolute Gasteiger partial charge is 0.250 e. The number of allylic oxidation sites excluding steroid dienone is 2. The highest BCUT2D eigenvalue weighted by Crippen LogP contribution is 2.21. The van der Waals surface area contributed by atoms with Gasteiger partial charge in [-0.1, -0.05) is 12.2 Å². The Morgan fingerprint density at radius 1 is 1.10 bits per heavy atom. The van der Waals surface area contributed by atoms with Gasteiger partial charge in [-0.25, -0.2) is 13.2 Å². The topological polar surface area (TPSA) is 0 Å². The van der Waals surface area contributed by atoms with Crippen LogP contribution < -0.4 is 0 Å². The molecule has 1 radical (unpaired) electrons. The smallest absolute Gasteiger partial charge is 0.104 e. The molecule has 10 heavy (non-hydrogen) atoms. The lowest BCUT2D eigenvalue weighted by Crippen LogP contribution is -2.25. The highest BCUT2D eigenvalue weighted by molar-refractivity contribution is 5.00. The molecule has 0 N–H and O–H groups in total. The van der Waals surface area contributed by atoms with Gasteiger partial charge in [0, 0.05) is 0 Å². The van der Waals surface area contributed by atoms with E-state index in [4.69, 9.17) is 0 Å². The lowest BCUT2D eigenvalue weighted by Gasteiger charge is -2.18. The fourth-order valence-electron chi connectivity index (χ4n) is 0.491. The van der Waals surface area contributed by atoms with Crippen LogP contribution in [0.3, 0.4) is 0 Å². The molecule has 0 unspecified atom stereocenters. The number of rotatable bonds is 4. The molecular weight excluding hydrogens is 141 g/mol. The Morgan fingerprint density at radius 3 is 1.60 bits per heavy atom. The van der Waals surface area contributed by atoms with E-state index in [2.05, 4.69) is 6.92 Å². The van der Waals surface area contributed by atoms with Crippen LogP contribution in [0.1, 0.15) is 0 Å². The monoisotopic (exact) mass is 151 g/mol. The molecule has 0 atom stereocenters. The summed E-state index contributed by atoms with van der Waals surface area (Å²) in [7, 11) is 0. The first-order valence-electron chi connectivity index (χ1n) is 2.89. The average Bonchev–Trinajstić information content (AvgIpc) is 2.01. The van der Waals surface area contributed by atoms with Gasteiger partial charge in [-0.05, 0) is 6.92 Å². The van der Waals surface area contributed by atoms with Crippen molar-refractivity contribution in [1.82, 2.24) is 0 Å². The first-order valence-corrected chi connectivity index (χ1v) is 2.89. The summed E-state index contributed by atoms with van der Waals surface area (Å²) in [6.45, 7) is 0.168. The molecule has 0 saturated carbocycles. The molecule has 0 rings (SSSR count). The minimum atomic E-state index is -1.57. The van der Waals surface area contributed by atoms with Crippen molar-refractivity contribution in [3.63, 3.8) is 0 Å². The molecule has 0 aliphatic carbocycles. The van der Waals surface area contributed by atoms with Crippen LogP contribution >= 0.6 is 0 Å². The predicted octanol–water partition coefficient (Wildman–Crippen LogP) is 2.27. The number of alkyl halides is 3. The lowest BCUT2D eigenvalue weighted by molar-refractivity contribution is 0.163. The van der Waals surface area contributed by atoms with Crippen molar-refractivity contribution in [3.05, 3.63) is 19.1 Å². The molecular formula is C7H10F3. The van der Waals surface area contributed by atoms with Crippen molar-refractivity contribution < 1.29 is 13.2 Å². The normalized spacial score (nSPS) is 12.8. The fourth-order valence-corrected chi connectivity index (χ4v) is 0.491. The van der Waals surface area contributed by atoms with E-state index in [0.29, 0.717) is 0 Å². The van der Waals surface area contributed by atoms with Gasteiger partial charge in [-0.15, -0.1) is 0 Å². The molecule has 59 valence electrons. The Kier molecular flexibility index (Phi) is 4.16. The van der Waals surface area contributed by atoms with Crippen LogP contribution in [-0.4, -0.2) is 20.0 Å². The summed E-state index contributed by atoms with van der Waals surface area (Å²) < 4.78 is 35.8. The zero-order valence-electron chi connectivity index (χ0n) is 5.62. The van der Waals surface area contributed by atoms with Gasteiger partial charge in [0.1, 0.15) is 20.0 Å². The summed E-state index contributed by atoms with van der Waals surface area (Å²) in [5, 5.41) is 0. The third-order valence-electron chi connectivity index (χ3n) is 1.27. The third-order valence-corrected chi connectivity index (χ3v) is 1.27. The van der Waals surface area contributed by atoms with Gasteiger partial charge < -0.3 is 0 Å². The summed E-state index contributed by atoms with van der Waals surface area (Å²) in [4.78, 5) is 0. The van der Waals surface area contributed by atoms with Crippen molar-refractivity contribution in [2.45, 2.75) is 0 Å². The van der Waals surface area contributed by atoms with Crippen LogP contribution in [0.15, 0.2) is 12.2 Å². The maximum atomic E-state index is 11.9. The van der Waals surface area contributed by atoms with E-state index in [1.807, 2.05) is 0 Å². The van der Waals surface area contributed by atoms with Crippen LogP contribution in [0.25, 0.3) is 0 Å². The first-order chi connectivity index (χ1) is 4.74. The first kappa shape index (κ1) is 9.53. The van der Waals surface area contributed by atoms with Crippen LogP contribution in [0.4, 0.5) is 13.2 Å². The molecule has 3 heteroatoms. The summed E-state index contributed by atoms with van der Waals surface area (Å²) in [6, 6.07) is 0. The van der Waals surface area contributed by atoms with E-state index in [1.54, 1.807) is 0 Å². The van der Waals surface area contributed by atoms with E-state index in [1.165, 1.54) is 6.08 Å². The number of halogens is 3. The van der Waals surface area contributed by atoms with Gasteiger partial charge in [0.2, 0.25) is 0 Å². The molecule has 0 aromatic carbocycles. The second-order valence-corrected chi connectivity index (χ2v) is 2.17. The minimum absolute atomic E-state index is 1.02. The van der Waals surface area contributed by atoms with Gasteiger partial charge in [0.25, 0.3) is 0 Å². The fraction of sp³-hybridized carbons (Fsp3) is 0.571. The highest BCUT2D eigenvalue weighted by Gasteiger charge is 2.26. The summed E-state index contributed by atoms with van der Waals surface area (Å²) in [6.07, 6.45) is 2.33. The van der Waals surface area contributed by atoms with Crippen LogP contribution in [0.5, 0.6) is 0 Å². The van der Waals surface area contributed by atoms with Crippen molar-refractivity contribution in [2.75, 3.05) is 20.0 Å². The molecule has 0 aromatic heterocycles. The van der Waals surface area contributed by atoms with Crippen molar-refractivity contribution in [2.24, 2.45) is 5.41 Å². The molecule has 0 heterocycles. The highest BCUT2D eigenvalue weighted by atomic mass is 19.1. The van der Waals surface area contributed by atoms with E-state index in [-0.39, 0.29) is 0 Å². The van der Waals surface area contributed by atoms with Gasteiger partial charge in [0.05, 0.1) is 5.41 Å². The van der Waals surface area contributed by atoms with Gasteiger partial charge in [0.15, 0.2) is 0 Å². The standard InChI is InChI=1S/C7H10F3/c1-2-3-7(4-8,5-9)6-10/h2-3H,1,4-6H2/b3-2+. The van der Waals surface area contributed by atoms with Crippen molar-refractivity contribution >= 4 is 0 Å². The second-order valence-electron chi connectivity index (χ2n) is 2.17. The van der Waals surface area contributed by atoms with E-state index in [0.717, 1.165) is 6.08 Å². The van der Waals surface area contributed by atoms with Gasteiger partial charge in [-0.2, -0.15) is 0 Å². The molecule has 0 nitrogen and oxygen atoms in total.